The number of aromatic nitrogens is 1. The summed E-state index contributed by atoms with van der Waals surface area (Å²) in [5, 5.41) is 3.63. The lowest BCUT2D eigenvalue weighted by Crippen LogP contribution is -2.24. The van der Waals surface area contributed by atoms with Crippen LogP contribution in [0.2, 0.25) is 0 Å². The molecule has 1 N–H and O–H groups in total. The number of rotatable bonds is 7. The Kier molecular flexibility index (Phi) is 5.75. The van der Waals surface area contributed by atoms with Crippen molar-refractivity contribution < 1.29 is 0 Å². The van der Waals surface area contributed by atoms with Gasteiger partial charge in [0.1, 0.15) is 0 Å². The average molecular weight is 268 g/mol. The zero-order valence-electron chi connectivity index (χ0n) is 12.5. The normalized spacial score (nSPS) is 12.3. The van der Waals surface area contributed by atoms with Crippen LogP contribution < -0.4 is 5.32 Å². The summed E-state index contributed by atoms with van der Waals surface area (Å²) in [5.74, 6) is 0. The third-order valence-electron chi connectivity index (χ3n) is 3.57. The number of pyridine rings is 1. The van der Waals surface area contributed by atoms with E-state index in [9.17, 15) is 0 Å². The lowest BCUT2D eigenvalue weighted by Gasteiger charge is -2.19. The Labute approximate surface area is 122 Å². The van der Waals surface area contributed by atoms with Crippen molar-refractivity contribution in [1.29, 1.82) is 0 Å². The molecule has 2 aromatic rings. The Hall–Kier alpha value is -1.67. The van der Waals surface area contributed by atoms with E-state index in [4.69, 9.17) is 0 Å². The van der Waals surface area contributed by atoms with Crippen molar-refractivity contribution >= 4 is 0 Å². The molecule has 20 heavy (non-hydrogen) atoms. The van der Waals surface area contributed by atoms with Gasteiger partial charge in [-0.1, -0.05) is 44.2 Å². The molecule has 2 heteroatoms. The molecule has 0 aliphatic carbocycles. The molecular formula is C18H24N2. The molecule has 2 nitrogen and oxygen atoms in total. The fourth-order valence-electron chi connectivity index (χ4n) is 2.34. The van der Waals surface area contributed by atoms with Crippen LogP contribution in [0, 0.1) is 0 Å². The van der Waals surface area contributed by atoms with Gasteiger partial charge in [-0.25, -0.2) is 0 Å². The Morgan fingerprint density at radius 2 is 1.85 bits per heavy atom. The highest BCUT2D eigenvalue weighted by Crippen LogP contribution is 2.18. The standard InChI is InChI=1S/C18H24N2/c1-3-12-20-18(14-17-7-5-6-13-19-17)16-10-8-15(4-2)9-11-16/h5-11,13,18,20H,3-4,12,14H2,1-2H3. The van der Waals surface area contributed by atoms with Gasteiger partial charge in [0.2, 0.25) is 0 Å². The van der Waals surface area contributed by atoms with E-state index in [1.807, 2.05) is 12.3 Å². The van der Waals surface area contributed by atoms with Crippen molar-refractivity contribution in [1.82, 2.24) is 10.3 Å². The second-order valence-electron chi connectivity index (χ2n) is 5.13. The summed E-state index contributed by atoms with van der Waals surface area (Å²) in [5.41, 5.74) is 3.88. The van der Waals surface area contributed by atoms with E-state index in [0.29, 0.717) is 6.04 Å². The van der Waals surface area contributed by atoms with Gasteiger partial charge in [0.05, 0.1) is 0 Å². The maximum atomic E-state index is 4.45. The summed E-state index contributed by atoms with van der Waals surface area (Å²) < 4.78 is 0. The van der Waals surface area contributed by atoms with Crippen LogP contribution in [0.25, 0.3) is 0 Å². The molecule has 1 atom stereocenters. The molecule has 0 aliphatic rings. The molecule has 0 spiro atoms. The predicted octanol–water partition coefficient (Wildman–Crippen LogP) is 3.93. The molecule has 1 aromatic carbocycles. The number of aryl methyl sites for hydroxylation is 1. The predicted molar refractivity (Wildman–Crippen MR) is 84.8 cm³/mol. The fourth-order valence-corrected chi connectivity index (χ4v) is 2.34. The Morgan fingerprint density at radius 1 is 1.05 bits per heavy atom. The average Bonchev–Trinajstić information content (AvgIpc) is 2.52. The number of hydrogen-bond acceptors (Lipinski definition) is 2. The Balaban J connectivity index is 2.13. The van der Waals surface area contributed by atoms with Gasteiger partial charge >= 0.3 is 0 Å². The van der Waals surface area contributed by atoms with Crippen molar-refractivity contribution in [2.45, 2.75) is 39.2 Å². The van der Waals surface area contributed by atoms with E-state index in [-0.39, 0.29) is 0 Å². The molecule has 0 radical (unpaired) electrons. The molecule has 1 aromatic heterocycles. The van der Waals surface area contributed by atoms with Crippen LogP contribution in [0.1, 0.15) is 43.1 Å². The highest BCUT2D eigenvalue weighted by molar-refractivity contribution is 5.26. The quantitative estimate of drug-likeness (QED) is 0.823. The van der Waals surface area contributed by atoms with E-state index >= 15 is 0 Å². The monoisotopic (exact) mass is 268 g/mol. The maximum absolute atomic E-state index is 4.45. The second-order valence-corrected chi connectivity index (χ2v) is 5.13. The zero-order chi connectivity index (χ0) is 14.2. The Bertz CT molecular complexity index is 491. The molecular weight excluding hydrogens is 244 g/mol. The van der Waals surface area contributed by atoms with Crippen LogP contribution in [-0.4, -0.2) is 11.5 Å². The smallest absolute Gasteiger partial charge is 0.0422 e. The van der Waals surface area contributed by atoms with Gasteiger partial charge in [-0.2, -0.15) is 0 Å². The molecule has 0 saturated heterocycles. The molecule has 106 valence electrons. The largest absolute Gasteiger partial charge is 0.310 e. The fraction of sp³-hybridized carbons (Fsp3) is 0.389. The van der Waals surface area contributed by atoms with Gasteiger partial charge in [0.25, 0.3) is 0 Å². The number of hydrogen-bond donors (Lipinski definition) is 1. The highest BCUT2D eigenvalue weighted by Gasteiger charge is 2.12. The lowest BCUT2D eigenvalue weighted by molar-refractivity contribution is 0.524. The first-order valence-corrected chi connectivity index (χ1v) is 7.55. The van der Waals surface area contributed by atoms with Crippen LogP contribution in [-0.2, 0) is 12.8 Å². The molecule has 2 rings (SSSR count). The molecule has 0 saturated carbocycles. The first-order chi connectivity index (χ1) is 9.83. The van der Waals surface area contributed by atoms with Gasteiger partial charge < -0.3 is 5.32 Å². The minimum atomic E-state index is 0.343. The molecule has 1 unspecified atom stereocenters. The van der Waals surface area contributed by atoms with E-state index in [1.165, 1.54) is 11.1 Å². The van der Waals surface area contributed by atoms with Crippen molar-refractivity contribution in [3.63, 3.8) is 0 Å². The maximum Gasteiger partial charge on any atom is 0.0422 e. The van der Waals surface area contributed by atoms with E-state index in [1.54, 1.807) is 0 Å². The van der Waals surface area contributed by atoms with Crippen molar-refractivity contribution in [2.24, 2.45) is 0 Å². The number of nitrogens with one attached hydrogen (secondary N) is 1. The Morgan fingerprint density at radius 3 is 2.45 bits per heavy atom. The van der Waals surface area contributed by atoms with Crippen LogP contribution in [0.15, 0.2) is 48.7 Å². The molecule has 0 aliphatic heterocycles. The van der Waals surface area contributed by atoms with Gasteiger partial charge in [-0.15, -0.1) is 0 Å². The number of benzene rings is 1. The molecule has 0 fully saturated rings. The molecule has 0 bridgehead atoms. The van der Waals surface area contributed by atoms with Gasteiger partial charge in [0, 0.05) is 24.4 Å². The summed E-state index contributed by atoms with van der Waals surface area (Å²) in [4.78, 5) is 4.45. The first-order valence-electron chi connectivity index (χ1n) is 7.55. The SMILES string of the molecule is CCCNC(Cc1ccccn1)c1ccc(CC)cc1. The lowest BCUT2D eigenvalue weighted by atomic mass is 9.99. The van der Waals surface area contributed by atoms with E-state index in [2.05, 4.69) is 60.5 Å². The van der Waals surface area contributed by atoms with Crippen LogP contribution in [0.5, 0.6) is 0 Å². The summed E-state index contributed by atoms with van der Waals surface area (Å²) in [6.07, 6.45) is 5.04. The zero-order valence-corrected chi connectivity index (χ0v) is 12.5. The van der Waals surface area contributed by atoms with Crippen LogP contribution in [0.3, 0.4) is 0 Å². The first kappa shape index (κ1) is 14.7. The van der Waals surface area contributed by atoms with E-state index < -0.39 is 0 Å². The third-order valence-corrected chi connectivity index (χ3v) is 3.57. The van der Waals surface area contributed by atoms with Gasteiger partial charge in [0.15, 0.2) is 0 Å². The summed E-state index contributed by atoms with van der Waals surface area (Å²) in [6.45, 7) is 5.42. The topological polar surface area (TPSA) is 24.9 Å². The highest BCUT2D eigenvalue weighted by atomic mass is 14.9. The van der Waals surface area contributed by atoms with Gasteiger partial charge in [-0.3, -0.25) is 4.98 Å². The van der Waals surface area contributed by atoms with E-state index in [0.717, 1.165) is 31.5 Å². The summed E-state index contributed by atoms with van der Waals surface area (Å²) in [6, 6.07) is 15.4. The van der Waals surface area contributed by atoms with Crippen molar-refractivity contribution in [3.05, 3.63) is 65.5 Å². The minimum absolute atomic E-state index is 0.343. The van der Waals surface area contributed by atoms with Crippen molar-refractivity contribution in [2.75, 3.05) is 6.54 Å². The minimum Gasteiger partial charge on any atom is -0.310 e. The second kappa shape index (κ2) is 7.81. The van der Waals surface area contributed by atoms with Crippen LogP contribution in [0.4, 0.5) is 0 Å². The van der Waals surface area contributed by atoms with Crippen molar-refractivity contribution in [3.8, 4) is 0 Å². The third kappa shape index (κ3) is 4.17. The summed E-state index contributed by atoms with van der Waals surface area (Å²) in [7, 11) is 0. The summed E-state index contributed by atoms with van der Waals surface area (Å²) >= 11 is 0. The van der Waals surface area contributed by atoms with Gasteiger partial charge in [-0.05, 0) is 42.6 Å². The number of nitrogens with zero attached hydrogens (tertiary/aromatic N) is 1. The molecule has 1 heterocycles. The van der Waals surface area contributed by atoms with Crippen LogP contribution >= 0.6 is 0 Å². The molecule has 0 amide bonds.